The molecule has 0 bridgehead atoms. The topological polar surface area (TPSA) is 90.1 Å². The maximum atomic E-state index is 13.5. The lowest BCUT2D eigenvalue weighted by Gasteiger charge is -2.34. The number of aryl methyl sites for hydroxylation is 2. The van der Waals surface area contributed by atoms with Gasteiger partial charge in [0.05, 0.1) is 22.8 Å². The Morgan fingerprint density at radius 2 is 1.93 bits per heavy atom. The summed E-state index contributed by atoms with van der Waals surface area (Å²) in [5.41, 5.74) is 1.31. The van der Waals surface area contributed by atoms with Crippen LogP contribution in [0.15, 0.2) is 35.5 Å². The number of ether oxygens (including phenoxy) is 1. The predicted octanol–water partition coefficient (Wildman–Crippen LogP) is 5.58. The molecule has 214 valence electrons. The summed E-state index contributed by atoms with van der Waals surface area (Å²) >= 11 is 1.28. The van der Waals surface area contributed by atoms with Crippen molar-refractivity contribution >= 4 is 23.7 Å². The van der Waals surface area contributed by atoms with Crippen molar-refractivity contribution < 1.29 is 9.53 Å². The summed E-state index contributed by atoms with van der Waals surface area (Å²) in [6.07, 6.45) is 11.5. The summed E-state index contributed by atoms with van der Waals surface area (Å²) in [7, 11) is 1.88. The molecule has 4 heterocycles. The van der Waals surface area contributed by atoms with Gasteiger partial charge in [0.2, 0.25) is 5.88 Å². The van der Waals surface area contributed by atoms with Crippen LogP contribution < -0.4 is 14.4 Å². The van der Waals surface area contributed by atoms with Crippen LogP contribution >= 0.6 is 11.9 Å². The van der Waals surface area contributed by atoms with Crippen molar-refractivity contribution in [3.63, 3.8) is 0 Å². The molecule has 3 aromatic heterocycles. The summed E-state index contributed by atoms with van der Waals surface area (Å²) < 4.78 is 12.6. The zero-order valence-electron chi connectivity index (χ0n) is 24.3. The number of pyridine rings is 1. The summed E-state index contributed by atoms with van der Waals surface area (Å²) in [6.45, 7) is 10.2. The molecule has 2 saturated carbocycles. The number of aromatic nitrogens is 5. The first-order valence-electron chi connectivity index (χ1n) is 14.6. The standard InChI is InChI=1S/C30H41N7O2S/c1-19-16-30(3,4)36(17-19)28-24(29(38)34-40-25-18-35(5)32-20(25)2)10-11-26(31-28)37-14-12-27(33-37)39-15-13-23(21-6-7-21)22-8-9-22/h10-12,14,18-19,21-23H,6-9,13,15-17H2,1-5H3,(H,34,38)/t19-/m0/s1. The van der Waals surface area contributed by atoms with Crippen molar-refractivity contribution in [2.24, 2.45) is 30.7 Å². The molecule has 9 nitrogen and oxygen atoms in total. The van der Waals surface area contributed by atoms with Gasteiger partial charge in [-0.05, 0) is 107 Å². The first-order valence-corrected chi connectivity index (χ1v) is 15.4. The molecule has 0 radical (unpaired) electrons. The van der Waals surface area contributed by atoms with Crippen LogP contribution in [0.5, 0.6) is 5.88 Å². The zero-order valence-corrected chi connectivity index (χ0v) is 25.1. The predicted molar refractivity (Wildman–Crippen MR) is 157 cm³/mol. The quantitative estimate of drug-likeness (QED) is 0.305. The van der Waals surface area contributed by atoms with E-state index in [4.69, 9.17) is 9.72 Å². The van der Waals surface area contributed by atoms with E-state index in [0.29, 0.717) is 35.6 Å². The zero-order chi connectivity index (χ0) is 28.0. The van der Waals surface area contributed by atoms with Gasteiger partial charge in [-0.3, -0.25) is 14.2 Å². The number of nitrogens with zero attached hydrogens (tertiary/aromatic N) is 6. The first kappa shape index (κ1) is 27.2. The maximum Gasteiger partial charge on any atom is 0.265 e. The molecule has 40 heavy (non-hydrogen) atoms. The number of rotatable bonds is 11. The lowest BCUT2D eigenvalue weighted by Crippen LogP contribution is -2.40. The normalized spacial score (nSPS) is 20.4. The second kappa shape index (κ2) is 10.8. The van der Waals surface area contributed by atoms with Crippen LogP contribution in [-0.2, 0) is 7.05 Å². The van der Waals surface area contributed by atoms with Crippen LogP contribution in [0.25, 0.3) is 5.82 Å². The Balaban J connectivity index is 1.20. The largest absolute Gasteiger partial charge is 0.477 e. The third kappa shape index (κ3) is 5.87. The number of carbonyl (C=O) groups excluding carboxylic acids is 1. The Bertz CT molecular complexity index is 1360. The maximum absolute atomic E-state index is 13.5. The third-order valence-corrected chi connectivity index (χ3v) is 9.52. The van der Waals surface area contributed by atoms with Crippen molar-refractivity contribution in [2.45, 2.75) is 76.7 Å². The lowest BCUT2D eigenvalue weighted by molar-refractivity contribution is 0.0984. The van der Waals surface area contributed by atoms with E-state index in [9.17, 15) is 4.79 Å². The van der Waals surface area contributed by atoms with Crippen LogP contribution in [0.4, 0.5) is 5.82 Å². The molecular weight excluding hydrogens is 522 g/mol. The van der Waals surface area contributed by atoms with Crippen molar-refractivity contribution in [2.75, 3.05) is 18.1 Å². The highest BCUT2D eigenvalue weighted by atomic mass is 32.2. The Morgan fingerprint density at radius 3 is 2.55 bits per heavy atom. The van der Waals surface area contributed by atoms with Crippen molar-refractivity contribution in [3.8, 4) is 11.7 Å². The van der Waals surface area contributed by atoms with E-state index >= 15 is 0 Å². The molecule has 1 atom stereocenters. The van der Waals surface area contributed by atoms with Gasteiger partial charge in [-0.25, -0.2) is 9.67 Å². The lowest BCUT2D eigenvalue weighted by atomic mass is 9.95. The number of hydrogen-bond acceptors (Lipinski definition) is 7. The fraction of sp³-hybridized carbons (Fsp3) is 0.600. The monoisotopic (exact) mass is 563 g/mol. The van der Waals surface area contributed by atoms with Crippen LogP contribution in [0.1, 0.15) is 75.3 Å². The Morgan fingerprint density at radius 1 is 1.18 bits per heavy atom. The molecule has 3 fully saturated rings. The molecule has 2 aliphatic carbocycles. The number of hydrogen-bond donors (Lipinski definition) is 1. The second-order valence-corrected chi connectivity index (χ2v) is 13.5. The fourth-order valence-corrected chi connectivity index (χ4v) is 7.17. The van der Waals surface area contributed by atoms with Crippen LogP contribution in [-0.4, -0.2) is 49.1 Å². The van der Waals surface area contributed by atoms with Gasteiger partial charge in [0, 0.05) is 37.6 Å². The molecule has 3 aliphatic rings. The van der Waals surface area contributed by atoms with E-state index in [-0.39, 0.29) is 11.4 Å². The van der Waals surface area contributed by atoms with Gasteiger partial charge < -0.3 is 9.64 Å². The highest BCUT2D eigenvalue weighted by Crippen LogP contribution is 2.50. The molecule has 0 spiro atoms. The Labute approximate surface area is 241 Å². The SMILES string of the molecule is Cc1nn(C)cc1SNC(=O)c1ccc(-n2ccc(OCCC(C3CC3)C3CC3)n2)nc1N1C[C@@H](C)CC1(C)C. The number of anilines is 1. The van der Waals surface area contributed by atoms with Crippen molar-refractivity contribution in [1.82, 2.24) is 29.3 Å². The van der Waals surface area contributed by atoms with E-state index in [1.807, 2.05) is 44.6 Å². The van der Waals surface area contributed by atoms with Crippen LogP contribution in [0, 0.1) is 30.6 Å². The van der Waals surface area contributed by atoms with Gasteiger partial charge in [0.15, 0.2) is 5.82 Å². The average Bonchev–Trinajstić information content (AvgIpc) is 3.83. The molecule has 3 aromatic rings. The molecule has 0 unspecified atom stereocenters. The number of amides is 1. The minimum absolute atomic E-state index is 0.120. The van der Waals surface area contributed by atoms with Gasteiger partial charge in [-0.2, -0.15) is 5.10 Å². The minimum Gasteiger partial charge on any atom is -0.477 e. The molecule has 1 amide bonds. The highest BCUT2D eigenvalue weighted by Gasteiger charge is 2.41. The molecule has 1 N–H and O–H groups in total. The van der Waals surface area contributed by atoms with E-state index in [2.05, 4.69) is 40.6 Å². The highest BCUT2D eigenvalue weighted by molar-refractivity contribution is 7.98. The molecule has 10 heteroatoms. The molecule has 6 rings (SSSR count). The van der Waals surface area contributed by atoms with Crippen LogP contribution in [0.2, 0.25) is 0 Å². The third-order valence-electron chi connectivity index (χ3n) is 8.61. The molecule has 0 aromatic carbocycles. The van der Waals surface area contributed by atoms with Gasteiger partial charge >= 0.3 is 0 Å². The van der Waals surface area contributed by atoms with E-state index in [1.54, 1.807) is 9.36 Å². The summed E-state index contributed by atoms with van der Waals surface area (Å²) in [5.74, 6) is 4.98. The first-order chi connectivity index (χ1) is 19.2. The Kier molecular flexibility index (Phi) is 7.31. The van der Waals surface area contributed by atoms with E-state index in [1.165, 1.54) is 37.6 Å². The van der Waals surface area contributed by atoms with Gasteiger partial charge in [-0.1, -0.05) is 6.92 Å². The summed E-state index contributed by atoms with van der Waals surface area (Å²) in [6, 6.07) is 5.62. The summed E-state index contributed by atoms with van der Waals surface area (Å²) in [5, 5.41) is 9.05. The molecular formula is C30H41N7O2S. The molecule has 1 aliphatic heterocycles. The minimum atomic E-state index is -0.178. The number of nitrogens with one attached hydrogen (secondary N) is 1. The van der Waals surface area contributed by atoms with Crippen LogP contribution in [0.3, 0.4) is 0 Å². The summed E-state index contributed by atoms with van der Waals surface area (Å²) in [4.78, 5) is 21.7. The smallest absolute Gasteiger partial charge is 0.265 e. The van der Waals surface area contributed by atoms with Crippen molar-refractivity contribution in [3.05, 3.63) is 41.9 Å². The Hall–Kier alpha value is -3.01. The van der Waals surface area contributed by atoms with Gasteiger partial charge in [0.1, 0.15) is 5.82 Å². The molecule has 1 saturated heterocycles. The van der Waals surface area contributed by atoms with E-state index < -0.39 is 0 Å². The van der Waals surface area contributed by atoms with Crippen molar-refractivity contribution in [1.29, 1.82) is 0 Å². The van der Waals surface area contributed by atoms with Gasteiger partial charge in [0.25, 0.3) is 5.91 Å². The average molecular weight is 564 g/mol. The number of carbonyl (C=O) groups is 1. The van der Waals surface area contributed by atoms with E-state index in [0.717, 1.165) is 47.7 Å². The second-order valence-electron chi connectivity index (χ2n) is 12.6. The van der Waals surface area contributed by atoms with Gasteiger partial charge in [-0.15, -0.1) is 5.10 Å². The fourth-order valence-electron chi connectivity index (χ4n) is 6.46.